The summed E-state index contributed by atoms with van der Waals surface area (Å²) in [6.45, 7) is 3.16. The first-order chi connectivity index (χ1) is 3.81. The van der Waals surface area contributed by atoms with Crippen LogP contribution in [0.1, 0.15) is 0 Å². The number of hydrogen-bond donors (Lipinski definition) is 0. The highest BCUT2D eigenvalue weighted by molar-refractivity contribution is 6.26. The van der Waals surface area contributed by atoms with E-state index in [-0.39, 0.29) is 0 Å². The average Bonchev–Trinajstić information content (AvgIpc) is 1.68. The third-order valence-electron chi connectivity index (χ3n) is 0.399. The molecule has 44 valence electrons. The summed E-state index contributed by atoms with van der Waals surface area (Å²) in [5.41, 5.74) is 1.08. The van der Waals surface area contributed by atoms with Crippen molar-refractivity contribution in [3.05, 3.63) is 24.5 Å². The SMILES string of the molecule is C=COC(=O)C=CCl. The van der Waals surface area contributed by atoms with Gasteiger partial charge in [0.1, 0.15) is 0 Å². The van der Waals surface area contributed by atoms with Gasteiger partial charge in [0.2, 0.25) is 0 Å². The normalized spacial score (nSPS) is 9.12. The number of hydrogen-bond acceptors (Lipinski definition) is 2. The van der Waals surface area contributed by atoms with Crippen LogP contribution in [0.25, 0.3) is 0 Å². The third-order valence-corrected chi connectivity index (χ3v) is 0.525. The van der Waals surface area contributed by atoms with Crippen LogP contribution >= 0.6 is 11.6 Å². The van der Waals surface area contributed by atoms with Crippen molar-refractivity contribution in [1.29, 1.82) is 0 Å². The van der Waals surface area contributed by atoms with Crippen molar-refractivity contribution in [3.63, 3.8) is 0 Å². The van der Waals surface area contributed by atoms with Gasteiger partial charge < -0.3 is 4.74 Å². The molecule has 0 aliphatic rings. The van der Waals surface area contributed by atoms with Gasteiger partial charge in [0.05, 0.1) is 6.26 Å². The van der Waals surface area contributed by atoms with Crippen LogP contribution < -0.4 is 0 Å². The lowest BCUT2D eigenvalue weighted by molar-refractivity contribution is -0.132. The molecule has 0 unspecified atom stereocenters. The summed E-state index contributed by atoms with van der Waals surface area (Å²) in [4.78, 5) is 10.2. The second kappa shape index (κ2) is 4.40. The molecule has 0 aromatic heterocycles. The second-order valence-electron chi connectivity index (χ2n) is 0.896. The molecule has 2 nitrogen and oxygen atoms in total. The van der Waals surface area contributed by atoms with E-state index in [0.717, 1.165) is 17.9 Å². The summed E-state index contributed by atoms with van der Waals surface area (Å²) < 4.78 is 4.24. The maximum Gasteiger partial charge on any atom is 0.336 e. The minimum Gasteiger partial charge on any atom is -0.432 e. The average molecular weight is 133 g/mol. The van der Waals surface area contributed by atoms with E-state index in [1.165, 1.54) is 0 Å². The standard InChI is InChI=1S/C5H5ClO2/c1-2-8-5(7)3-4-6/h2-4H,1H2. The quantitative estimate of drug-likeness (QED) is 0.323. The fourth-order valence-corrected chi connectivity index (χ4v) is 0.276. The molecule has 0 aliphatic carbocycles. The summed E-state index contributed by atoms with van der Waals surface area (Å²) in [7, 11) is 0. The lowest BCUT2D eigenvalue weighted by Crippen LogP contribution is -1.91. The van der Waals surface area contributed by atoms with E-state index in [9.17, 15) is 4.79 Å². The monoisotopic (exact) mass is 132 g/mol. The molecule has 0 saturated carbocycles. The Kier molecular flexibility index (Phi) is 3.98. The molecule has 0 spiro atoms. The van der Waals surface area contributed by atoms with Crippen molar-refractivity contribution >= 4 is 17.6 Å². The van der Waals surface area contributed by atoms with Gasteiger partial charge in [-0.2, -0.15) is 0 Å². The minimum absolute atomic E-state index is 0.519. The number of carbonyl (C=O) groups is 1. The lowest BCUT2D eigenvalue weighted by atomic mass is 10.7. The molecule has 0 aromatic rings. The van der Waals surface area contributed by atoms with Crippen molar-refractivity contribution in [3.8, 4) is 0 Å². The van der Waals surface area contributed by atoms with Crippen molar-refractivity contribution < 1.29 is 9.53 Å². The molecule has 0 radical (unpaired) electrons. The Morgan fingerprint density at radius 1 is 1.75 bits per heavy atom. The first-order valence-electron chi connectivity index (χ1n) is 1.89. The summed E-state index contributed by atoms with van der Waals surface area (Å²) in [5, 5.41) is 0. The number of carbonyl (C=O) groups excluding carboxylic acids is 1. The molecule has 0 heterocycles. The highest BCUT2D eigenvalue weighted by Gasteiger charge is 1.87. The zero-order valence-electron chi connectivity index (χ0n) is 4.13. The fraction of sp³-hybridized carbons (Fsp3) is 0. The van der Waals surface area contributed by atoms with Gasteiger partial charge in [0.25, 0.3) is 0 Å². The molecular formula is C5H5ClO2. The van der Waals surface area contributed by atoms with E-state index in [0.29, 0.717) is 0 Å². The number of halogens is 1. The molecule has 0 rings (SSSR count). The van der Waals surface area contributed by atoms with Gasteiger partial charge in [0.15, 0.2) is 0 Å². The minimum atomic E-state index is -0.519. The maximum atomic E-state index is 10.2. The van der Waals surface area contributed by atoms with Gasteiger partial charge in [-0.1, -0.05) is 18.2 Å². The molecule has 8 heavy (non-hydrogen) atoms. The highest BCUT2D eigenvalue weighted by Crippen LogP contribution is 1.82. The highest BCUT2D eigenvalue weighted by atomic mass is 35.5. The molecule has 0 N–H and O–H groups in total. The van der Waals surface area contributed by atoms with Crippen molar-refractivity contribution in [2.45, 2.75) is 0 Å². The molecule has 0 atom stereocenters. The molecule has 3 heteroatoms. The maximum absolute atomic E-state index is 10.2. The van der Waals surface area contributed by atoms with Crippen LogP contribution in [-0.2, 0) is 9.53 Å². The van der Waals surface area contributed by atoms with Gasteiger partial charge in [-0.05, 0) is 0 Å². The Balaban J connectivity index is 3.48. The van der Waals surface area contributed by atoms with Crippen LogP contribution in [0, 0.1) is 0 Å². The van der Waals surface area contributed by atoms with E-state index in [1.807, 2.05) is 0 Å². The summed E-state index contributed by atoms with van der Waals surface area (Å²) in [6.07, 6.45) is 2.13. The summed E-state index contributed by atoms with van der Waals surface area (Å²) in [5.74, 6) is -0.519. The number of esters is 1. The van der Waals surface area contributed by atoms with Crippen LogP contribution in [0.15, 0.2) is 24.5 Å². The topological polar surface area (TPSA) is 26.3 Å². The number of rotatable bonds is 2. The molecule has 0 aliphatic heterocycles. The van der Waals surface area contributed by atoms with Crippen LogP contribution in [0.5, 0.6) is 0 Å². The smallest absolute Gasteiger partial charge is 0.336 e. The lowest BCUT2D eigenvalue weighted by Gasteiger charge is -1.85. The van der Waals surface area contributed by atoms with Gasteiger partial charge in [-0.15, -0.1) is 0 Å². The molecule has 0 saturated heterocycles. The molecule has 0 fully saturated rings. The largest absolute Gasteiger partial charge is 0.432 e. The Hall–Kier alpha value is -0.760. The predicted molar refractivity (Wildman–Crippen MR) is 31.3 cm³/mol. The molecular weight excluding hydrogens is 128 g/mol. The van der Waals surface area contributed by atoms with Gasteiger partial charge in [0, 0.05) is 11.6 Å². The van der Waals surface area contributed by atoms with E-state index >= 15 is 0 Å². The molecule has 0 aromatic carbocycles. The summed E-state index contributed by atoms with van der Waals surface area (Å²) in [6, 6.07) is 0. The zero-order chi connectivity index (χ0) is 6.41. The molecule has 0 amide bonds. The molecule has 0 bridgehead atoms. The Labute approximate surface area is 52.4 Å². The van der Waals surface area contributed by atoms with Gasteiger partial charge >= 0.3 is 5.97 Å². The van der Waals surface area contributed by atoms with Gasteiger partial charge in [-0.25, -0.2) is 4.79 Å². The Bertz CT molecular complexity index is 118. The first-order valence-corrected chi connectivity index (χ1v) is 2.33. The Morgan fingerprint density at radius 2 is 2.38 bits per heavy atom. The summed E-state index contributed by atoms with van der Waals surface area (Å²) >= 11 is 5.02. The van der Waals surface area contributed by atoms with E-state index in [4.69, 9.17) is 11.6 Å². The van der Waals surface area contributed by atoms with Crippen molar-refractivity contribution in [2.75, 3.05) is 0 Å². The van der Waals surface area contributed by atoms with E-state index in [1.54, 1.807) is 0 Å². The van der Waals surface area contributed by atoms with Crippen LogP contribution in [0.2, 0.25) is 0 Å². The predicted octanol–water partition coefficient (Wildman–Crippen LogP) is 1.43. The zero-order valence-corrected chi connectivity index (χ0v) is 4.89. The third kappa shape index (κ3) is 3.43. The van der Waals surface area contributed by atoms with Crippen LogP contribution in [0.3, 0.4) is 0 Å². The van der Waals surface area contributed by atoms with Crippen LogP contribution in [0.4, 0.5) is 0 Å². The van der Waals surface area contributed by atoms with E-state index < -0.39 is 5.97 Å². The first kappa shape index (κ1) is 7.24. The van der Waals surface area contributed by atoms with Gasteiger partial charge in [-0.3, -0.25) is 0 Å². The second-order valence-corrected chi connectivity index (χ2v) is 1.15. The Morgan fingerprint density at radius 3 is 2.75 bits per heavy atom. The van der Waals surface area contributed by atoms with E-state index in [2.05, 4.69) is 11.3 Å². The van der Waals surface area contributed by atoms with Crippen LogP contribution in [-0.4, -0.2) is 5.97 Å². The van der Waals surface area contributed by atoms with Crippen molar-refractivity contribution in [1.82, 2.24) is 0 Å². The fourth-order valence-electron chi connectivity index (χ4n) is 0.173. The van der Waals surface area contributed by atoms with Crippen molar-refractivity contribution in [2.24, 2.45) is 0 Å². The number of ether oxygens (including phenoxy) is 1.